The number of benzene rings is 1. The minimum atomic E-state index is -4.39. The maximum absolute atomic E-state index is 12.3. The summed E-state index contributed by atoms with van der Waals surface area (Å²) >= 11 is 0. The van der Waals surface area contributed by atoms with Crippen molar-refractivity contribution in [2.45, 2.75) is 33.0 Å². The Balaban J connectivity index is 2.65. The summed E-state index contributed by atoms with van der Waals surface area (Å²) in [7, 11) is 1.79. The summed E-state index contributed by atoms with van der Waals surface area (Å²) in [6, 6.07) is 2.60. The maximum Gasteiger partial charge on any atom is 0.422 e. The van der Waals surface area contributed by atoms with Crippen molar-refractivity contribution in [3.8, 4) is 5.75 Å². The molecule has 0 fully saturated rings. The van der Waals surface area contributed by atoms with Gasteiger partial charge in [-0.3, -0.25) is 10.1 Å². The van der Waals surface area contributed by atoms with E-state index >= 15 is 0 Å². The van der Waals surface area contributed by atoms with E-state index in [0.29, 0.717) is 24.2 Å². The number of alkyl halides is 3. The fraction of sp³-hybridized carbons (Fsp3) is 0.500. The van der Waals surface area contributed by atoms with Crippen molar-refractivity contribution in [3.05, 3.63) is 28.8 Å². The Morgan fingerprint density at radius 3 is 2.28 bits per heavy atom. The van der Waals surface area contributed by atoms with E-state index in [1.54, 1.807) is 33.0 Å². The van der Waals surface area contributed by atoms with Crippen LogP contribution in [0.15, 0.2) is 12.1 Å². The summed E-state index contributed by atoms with van der Waals surface area (Å²) in [5.74, 6) is -0.243. The number of hydrogen-bond acceptors (Lipinski definition) is 4. The molecule has 0 aliphatic heterocycles. The molecule has 6 nitrogen and oxygen atoms in total. The highest BCUT2D eigenvalue weighted by Crippen LogP contribution is 2.27. The van der Waals surface area contributed by atoms with E-state index in [9.17, 15) is 22.8 Å². The second-order valence-corrected chi connectivity index (χ2v) is 5.86. The van der Waals surface area contributed by atoms with Crippen LogP contribution in [0.4, 0.5) is 18.0 Å². The minimum Gasteiger partial charge on any atom is -0.484 e. The molecule has 140 valence electrons. The zero-order valence-electron chi connectivity index (χ0n) is 14.4. The number of carbonyl (C=O) groups excluding carboxylic acids is 2. The van der Waals surface area contributed by atoms with Gasteiger partial charge in [0.1, 0.15) is 5.75 Å². The van der Waals surface area contributed by atoms with Crippen molar-refractivity contribution >= 4 is 11.9 Å². The number of ether oxygens (including phenoxy) is 1. The number of amides is 3. The zero-order chi connectivity index (χ0) is 19.2. The molecule has 0 saturated heterocycles. The van der Waals surface area contributed by atoms with Gasteiger partial charge in [0.25, 0.3) is 0 Å². The maximum atomic E-state index is 12.3. The van der Waals surface area contributed by atoms with Gasteiger partial charge in [-0.1, -0.05) is 12.1 Å². The largest absolute Gasteiger partial charge is 0.484 e. The number of nitrogens with zero attached hydrogens (tertiary/aromatic N) is 1. The van der Waals surface area contributed by atoms with Crippen molar-refractivity contribution in [2.75, 3.05) is 20.2 Å². The smallest absolute Gasteiger partial charge is 0.422 e. The number of imide groups is 1. The average Bonchev–Trinajstić information content (AvgIpc) is 2.42. The van der Waals surface area contributed by atoms with Gasteiger partial charge < -0.3 is 15.4 Å². The van der Waals surface area contributed by atoms with Crippen LogP contribution in [0.3, 0.4) is 0 Å². The summed E-state index contributed by atoms with van der Waals surface area (Å²) < 4.78 is 41.7. The molecule has 1 aromatic rings. The van der Waals surface area contributed by atoms with Crippen molar-refractivity contribution in [1.29, 1.82) is 0 Å². The van der Waals surface area contributed by atoms with E-state index in [2.05, 4.69) is 0 Å². The predicted molar refractivity (Wildman–Crippen MR) is 86.1 cm³/mol. The molecule has 1 aromatic carbocycles. The number of urea groups is 1. The molecule has 0 unspecified atom stereocenters. The van der Waals surface area contributed by atoms with Crippen molar-refractivity contribution in [2.24, 2.45) is 5.73 Å². The van der Waals surface area contributed by atoms with Gasteiger partial charge in [-0.2, -0.15) is 13.2 Å². The number of halogens is 3. The van der Waals surface area contributed by atoms with Crippen LogP contribution < -0.4 is 15.8 Å². The van der Waals surface area contributed by atoms with Crippen LogP contribution in [0.1, 0.15) is 23.1 Å². The lowest BCUT2D eigenvalue weighted by atomic mass is 10.1. The molecule has 9 heteroatoms. The van der Waals surface area contributed by atoms with Gasteiger partial charge in [0.15, 0.2) is 6.61 Å². The third-order valence-corrected chi connectivity index (χ3v) is 3.34. The van der Waals surface area contributed by atoms with E-state index in [-0.39, 0.29) is 12.2 Å². The lowest BCUT2D eigenvalue weighted by Gasteiger charge is -2.19. The Morgan fingerprint density at radius 1 is 1.24 bits per heavy atom. The normalized spacial score (nSPS) is 11.5. The molecule has 3 N–H and O–H groups in total. The average molecular weight is 361 g/mol. The van der Waals surface area contributed by atoms with E-state index in [0.717, 1.165) is 5.56 Å². The highest BCUT2D eigenvalue weighted by atomic mass is 19.4. The Labute approximate surface area is 144 Å². The Hall–Kier alpha value is -2.29. The van der Waals surface area contributed by atoms with Crippen molar-refractivity contribution in [3.63, 3.8) is 0 Å². The van der Waals surface area contributed by atoms with Crippen LogP contribution in [-0.4, -0.2) is 43.2 Å². The van der Waals surface area contributed by atoms with E-state index < -0.39 is 24.7 Å². The van der Waals surface area contributed by atoms with Crippen LogP contribution in [0, 0.1) is 13.8 Å². The first-order valence-electron chi connectivity index (χ1n) is 7.55. The number of aryl methyl sites for hydroxylation is 2. The summed E-state index contributed by atoms with van der Waals surface area (Å²) in [6.45, 7) is 2.92. The van der Waals surface area contributed by atoms with Gasteiger partial charge in [-0.25, -0.2) is 4.79 Å². The van der Waals surface area contributed by atoms with Crippen LogP contribution in [0.25, 0.3) is 0 Å². The second-order valence-electron chi connectivity index (χ2n) is 5.86. The molecule has 0 heterocycles. The van der Waals surface area contributed by atoms with Gasteiger partial charge in [-0.15, -0.1) is 0 Å². The fourth-order valence-electron chi connectivity index (χ4n) is 2.40. The molecule has 0 saturated carbocycles. The van der Waals surface area contributed by atoms with Crippen LogP contribution in [-0.2, 0) is 11.3 Å². The van der Waals surface area contributed by atoms with Gasteiger partial charge >= 0.3 is 12.2 Å². The monoisotopic (exact) mass is 361 g/mol. The molecular weight excluding hydrogens is 339 g/mol. The number of rotatable bonds is 7. The van der Waals surface area contributed by atoms with Crippen molar-refractivity contribution < 1.29 is 27.5 Å². The fourth-order valence-corrected chi connectivity index (χ4v) is 2.40. The molecule has 0 aliphatic carbocycles. The lowest BCUT2D eigenvalue weighted by molar-refractivity contribution is -0.153. The summed E-state index contributed by atoms with van der Waals surface area (Å²) in [6.07, 6.45) is -4.28. The first kappa shape index (κ1) is 20.8. The van der Waals surface area contributed by atoms with Gasteiger partial charge in [0.05, 0.1) is 0 Å². The standard InChI is InChI=1S/C16H22F3N3O3/c1-10-6-12(7-11(2)14(10)25-9-16(17,18)19)8-22(3)5-4-13(23)21-15(20)24/h6-7H,4-5,8-9H2,1-3H3,(H3,20,21,23,24). The molecular formula is C16H22F3N3O3. The number of nitrogens with two attached hydrogens (primary N) is 1. The third kappa shape index (κ3) is 7.88. The SMILES string of the molecule is Cc1cc(CN(C)CCC(=O)NC(N)=O)cc(C)c1OCC(F)(F)F. The quantitative estimate of drug-likeness (QED) is 0.780. The zero-order valence-corrected chi connectivity index (χ0v) is 14.4. The van der Waals surface area contributed by atoms with E-state index in [4.69, 9.17) is 10.5 Å². The number of nitrogens with one attached hydrogen (secondary N) is 1. The van der Waals surface area contributed by atoms with Gasteiger partial charge in [0.2, 0.25) is 5.91 Å². The summed E-state index contributed by atoms with van der Waals surface area (Å²) in [5, 5.41) is 1.98. The number of hydrogen-bond donors (Lipinski definition) is 2. The molecule has 0 radical (unpaired) electrons. The first-order chi connectivity index (χ1) is 11.5. The highest BCUT2D eigenvalue weighted by Gasteiger charge is 2.29. The summed E-state index contributed by atoms with van der Waals surface area (Å²) in [4.78, 5) is 23.8. The Morgan fingerprint density at radius 2 is 1.80 bits per heavy atom. The molecule has 0 atom stereocenters. The van der Waals surface area contributed by atoms with Crippen LogP contribution >= 0.6 is 0 Å². The summed E-state index contributed by atoms with van der Waals surface area (Å²) in [5.41, 5.74) is 6.96. The minimum absolute atomic E-state index is 0.101. The second kappa shape index (κ2) is 8.70. The van der Waals surface area contributed by atoms with Crippen LogP contribution in [0.5, 0.6) is 5.75 Å². The molecule has 0 aromatic heterocycles. The molecule has 3 amide bonds. The molecule has 0 spiro atoms. The molecule has 0 bridgehead atoms. The highest BCUT2D eigenvalue weighted by molar-refractivity contribution is 5.93. The number of primary amides is 1. The first-order valence-corrected chi connectivity index (χ1v) is 7.55. The predicted octanol–water partition coefficient (Wildman–Crippen LogP) is 2.26. The van der Waals surface area contributed by atoms with E-state index in [1.165, 1.54) is 0 Å². The Kier molecular flexibility index (Phi) is 7.22. The molecule has 25 heavy (non-hydrogen) atoms. The molecule has 0 aliphatic rings. The van der Waals surface area contributed by atoms with Gasteiger partial charge in [-0.05, 0) is 37.6 Å². The third-order valence-electron chi connectivity index (χ3n) is 3.34. The van der Waals surface area contributed by atoms with Crippen LogP contribution in [0.2, 0.25) is 0 Å². The topological polar surface area (TPSA) is 84.7 Å². The Bertz CT molecular complexity index is 610. The van der Waals surface area contributed by atoms with Gasteiger partial charge in [0, 0.05) is 19.5 Å². The number of carbonyl (C=O) groups is 2. The molecule has 1 rings (SSSR count). The van der Waals surface area contributed by atoms with E-state index in [1.807, 2.05) is 10.2 Å². The lowest BCUT2D eigenvalue weighted by Crippen LogP contribution is -2.36. The van der Waals surface area contributed by atoms with Crippen molar-refractivity contribution in [1.82, 2.24) is 10.2 Å².